The predicted molar refractivity (Wildman–Crippen MR) is 92.9 cm³/mol. The van der Waals surface area contributed by atoms with Crippen LogP contribution >= 0.6 is 0 Å². The molecule has 8 nitrogen and oxygen atoms in total. The van der Waals surface area contributed by atoms with E-state index in [9.17, 15) is 26.8 Å². The molecule has 0 aliphatic heterocycles. The summed E-state index contributed by atoms with van der Waals surface area (Å²) in [4.78, 5) is 21.0. The van der Waals surface area contributed by atoms with Gasteiger partial charge in [0.25, 0.3) is 10.0 Å². The van der Waals surface area contributed by atoms with Crippen molar-refractivity contribution in [1.29, 1.82) is 0 Å². The zero-order chi connectivity index (χ0) is 20.9. The molecule has 3 N–H and O–H groups in total. The first-order chi connectivity index (χ1) is 13.1. The number of hydrogen-bond donors (Lipinski definition) is 3. The molecule has 0 aliphatic rings. The first kappa shape index (κ1) is 21.1. The summed E-state index contributed by atoms with van der Waals surface area (Å²) >= 11 is 0. The van der Waals surface area contributed by atoms with Crippen LogP contribution in [0.3, 0.4) is 0 Å². The molecule has 0 aromatic heterocycles. The Hall–Kier alpha value is -3.21. The van der Waals surface area contributed by atoms with Gasteiger partial charge in [-0.3, -0.25) is 9.52 Å². The Labute approximate surface area is 158 Å². The number of ether oxygens (including phenoxy) is 1. The van der Waals surface area contributed by atoms with Gasteiger partial charge in [0.15, 0.2) is 11.6 Å². The maximum absolute atomic E-state index is 14.1. The summed E-state index contributed by atoms with van der Waals surface area (Å²) in [5.74, 6) is -5.14. The molecule has 150 valence electrons. The van der Waals surface area contributed by atoms with Crippen molar-refractivity contribution in [3.8, 4) is 5.75 Å². The fraction of sp³-hybridized carbons (Fsp3) is 0.176. The summed E-state index contributed by atoms with van der Waals surface area (Å²) < 4.78 is 59.5. The Morgan fingerprint density at radius 3 is 2.39 bits per heavy atom. The van der Waals surface area contributed by atoms with Crippen LogP contribution in [0.25, 0.3) is 0 Å². The molecule has 28 heavy (non-hydrogen) atoms. The molecular weight excluding hydrogens is 400 g/mol. The summed E-state index contributed by atoms with van der Waals surface area (Å²) in [6.45, 7) is -0.0845. The number of carboxylic acids is 2. The van der Waals surface area contributed by atoms with E-state index in [0.29, 0.717) is 6.07 Å². The minimum absolute atomic E-state index is 0.0845. The number of hydrogen-bond acceptors (Lipinski definition) is 5. The first-order valence-corrected chi connectivity index (χ1v) is 9.29. The third-order valence-corrected chi connectivity index (χ3v) is 4.84. The Morgan fingerprint density at radius 2 is 1.79 bits per heavy atom. The van der Waals surface area contributed by atoms with Gasteiger partial charge in [0.05, 0.1) is 17.2 Å². The molecule has 0 amide bonds. The van der Waals surface area contributed by atoms with Crippen molar-refractivity contribution < 1.29 is 41.7 Å². The van der Waals surface area contributed by atoms with E-state index < -0.39 is 49.7 Å². The fourth-order valence-corrected chi connectivity index (χ4v) is 3.28. The molecule has 0 saturated heterocycles. The van der Waals surface area contributed by atoms with Gasteiger partial charge in [-0.1, -0.05) is 6.07 Å². The summed E-state index contributed by atoms with van der Waals surface area (Å²) in [5, 5.41) is 17.6. The van der Waals surface area contributed by atoms with Crippen molar-refractivity contribution in [1.82, 2.24) is 0 Å². The van der Waals surface area contributed by atoms with E-state index in [1.807, 2.05) is 4.72 Å². The second-order valence-corrected chi connectivity index (χ2v) is 7.19. The summed E-state index contributed by atoms with van der Waals surface area (Å²) in [5.41, 5.74) is -1.38. The van der Waals surface area contributed by atoms with Gasteiger partial charge >= 0.3 is 11.9 Å². The standard InChI is InChI=1S/C17H15F2NO7S/c18-11-3-1-4-13(16(11)17(23)24)20-28(25,26)10-6-7-14(12(19)9-10)27-8-2-5-15(21)22/h1,3-4,6-7,9,20H,2,5,8H2,(H,21,22)(H,23,24). The molecule has 0 fully saturated rings. The Morgan fingerprint density at radius 1 is 1.07 bits per heavy atom. The van der Waals surface area contributed by atoms with E-state index in [0.717, 1.165) is 30.3 Å². The number of sulfonamides is 1. The molecular formula is C17H15F2NO7S. The number of carbonyl (C=O) groups is 2. The van der Waals surface area contributed by atoms with Crippen LogP contribution in [0.2, 0.25) is 0 Å². The maximum Gasteiger partial charge on any atom is 0.340 e. The van der Waals surface area contributed by atoms with E-state index in [1.165, 1.54) is 0 Å². The van der Waals surface area contributed by atoms with Crippen molar-refractivity contribution in [3.63, 3.8) is 0 Å². The van der Waals surface area contributed by atoms with Gasteiger partial charge in [-0.2, -0.15) is 0 Å². The van der Waals surface area contributed by atoms with Crippen molar-refractivity contribution in [3.05, 3.63) is 53.6 Å². The highest BCUT2D eigenvalue weighted by atomic mass is 32.2. The van der Waals surface area contributed by atoms with Crippen LogP contribution in [0, 0.1) is 11.6 Å². The number of aliphatic carboxylic acids is 1. The van der Waals surface area contributed by atoms with Crippen LogP contribution in [-0.2, 0) is 14.8 Å². The van der Waals surface area contributed by atoms with Gasteiger partial charge in [-0.15, -0.1) is 0 Å². The summed E-state index contributed by atoms with van der Waals surface area (Å²) in [6.07, 6.45) is -0.0362. The summed E-state index contributed by atoms with van der Waals surface area (Å²) in [7, 11) is -4.42. The SMILES string of the molecule is O=C(O)CCCOc1ccc(S(=O)(=O)Nc2cccc(F)c2C(=O)O)cc1F. The largest absolute Gasteiger partial charge is 0.491 e. The number of carboxylic acid groups (broad SMARTS) is 2. The lowest BCUT2D eigenvalue weighted by atomic mass is 10.2. The Bertz CT molecular complexity index is 1010. The predicted octanol–water partition coefficient (Wildman–Crippen LogP) is 2.71. The zero-order valence-corrected chi connectivity index (χ0v) is 15.0. The molecule has 11 heteroatoms. The Kier molecular flexibility index (Phi) is 6.52. The second kappa shape index (κ2) is 8.65. The lowest BCUT2D eigenvalue weighted by molar-refractivity contribution is -0.137. The number of aromatic carboxylic acids is 1. The monoisotopic (exact) mass is 415 g/mol. The molecule has 0 saturated carbocycles. The minimum Gasteiger partial charge on any atom is -0.491 e. The second-order valence-electron chi connectivity index (χ2n) is 5.51. The van der Waals surface area contributed by atoms with Crippen LogP contribution in [0.4, 0.5) is 14.5 Å². The van der Waals surface area contributed by atoms with Crippen LogP contribution in [0.5, 0.6) is 5.75 Å². The van der Waals surface area contributed by atoms with Gasteiger partial charge in [0.1, 0.15) is 11.4 Å². The molecule has 2 aromatic carbocycles. The first-order valence-electron chi connectivity index (χ1n) is 7.80. The van der Waals surface area contributed by atoms with Crippen molar-refractivity contribution >= 4 is 27.6 Å². The fourth-order valence-electron chi connectivity index (χ4n) is 2.20. The zero-order valence-electron chi connectivity index (χ0n) is 14.2. The topological polar surface area (TPSA) is 130 Å². The number of anilines is 1. The molecule has 0 atom stereocenters. The van der Waals surface area contributed by atoms with Crippen LogP contribution < -0.4 is 9.46 Å². The van der Waals surface area contributed by atoms with Gasteiger partial charge in [-0.25, -0.2) is 22.0 Å². The number of halogens is 2. The molecule has 2 rings (SSSR count). The quantitative estimate of drug-likeness (QED) is 0.537. The molecule has 0 heterocycles. The normalized spacial score (nSPS) is 11.1. The average Bonchev–Trinajstić information content (AvgIpc) is 2.58. The number of rotatable bonds is 9. The highest BCUT2D eigenvalue weighted by molar-refractivity contribution is 7.92. The van der Waals surface area contributed by atoms with Crippen molar-refractivity contribution in [2.24, 2.45) is 0 Å². The van der Waals surface area contributed by atoms with Crippen LogP contribution in [0.15, 0.2) is 41.3 Å². The van der Waals surface area contributed by atoms with E-state index in [1.54, 1.807) is 0 Å². The number of nitrogens with one attached hydrogen (secondary N) is 1. The minimum atomic E-state index is -4.42. The number of benzene rings is 2. The molecule has 2 aromatic rings. The smallest absolute Gasteiger partial charge is 0.340 e. The molecule has 0 radical (unpaired) electrons. The van der Waals surface area contributed by atoms with E-state index in [2.05, 4.69) is 0 Å². The lowest BCUT2D eigenvalue weighted by Gasteiger charge is -2.12. The van der Waals surface area contributed by atoms with E-state index >= 15 is 0 Å². The maximum atomic E-state index is 14.1. The van der Waals surface area contributed by atoms with Gasteiger partial charge in [0.2, 0.25) is 0 Å². The third kappa shape index (κ3) is 5.16. The van der Waals surface area contributed by atoms with Crippen molar-refractivity contribution in [2.45, 2.75) is 17.7 Å². The average molecular weight is 415 g/mol. The highest BCUT2D eigenvalue weighted by Gasteiger charge is 2.22. The van der Waals surface area contributed by atoms with E-state index in [-0.39, 0.29) is 25.2 Å². The molecule has 0 aliphatic carbocycles. The van der Waals surface area contributed by atoms with E-state index in [4.69, 9.17) is 14.9 Å². The van der Waals surface area contributed by atoms with Crippen molar-refractivity contribution in [2.75, 3.05) is 11.3 Å². The van der Waals surface area contributed by atoms with Gasteiger partial charge in [-0.05, 0) is 36.8 Å². The molecule has 0 unspecified atom stereocenters. The lowest BCUT2D eigenvalue weighted by Crippen LogP contribution is -2.16. The highest BCUT2D eigenvalue weighted by Crippen LogP contribution is 2.25. The Balaban J connectivity index is 2.21. The van der Waals surface area contributed by atoms with Crippen LogP contribution in [-0.4, -0.2) is 37.2 Å². The van der Waals surface area contributed by atoms with Crippen LogP contribution in [0.1, 0.15) is 23.2 Å². The third-order valence-electron chi connectivity index (χ3n) is 3.48. The molecule has 0 bridgehead atoms. The summed E-state index contributed by atoms with van der Waals surface area (Å²) in [6, 6.07) is 5.73. The molecule has 0 spiro atoms. The van der Waals surface area contributed by atoms with Gasteiger partial charge in [0, 0.05) is 6.42 Å². The van der Waals surface area contributed by atoms with Gasteiger partial charge < -0.3 is 14.9 Å².